The highest BCUT2D eigenvalue weighted by Gasteiger charge is 2.53. The van der Waals surface area contributed by atoms with Crippen LogP contribution in [0, 0.1) is 35.5 Å². The Labute approximate surface area is 412 Å². The highest BCUT2D eigenvalue weighted by atomic mass is 16.6. The summed E-state index contributed by atoms with van der Waals surface area (Å²) in [6.07, 6.45) is 10.0. The van der Waals surface area contributed by atoms with Crippen molar-refractivity contribution < 1.29 is 67.7 Å². The lowest BCUT2D eigenvalue weighted by atomic mass is 9.78. The van der Waals surface area contributed by atoms with Gasteiger partial charge < -0.3 is 48.6 Å². The number of rotatable bonds is 28. The van der Waals surface area contributed by atoms with Crippen molar-refractivity contribution in [3.8, 4) is 0 Å². The number of aliphatic hydroxyl groups is 3. The van der Waals surface area contributed by atoms with Gasteiger partial charge in [0.05, 0.1) is 37.6 Å². The smallest absolute Gasteiger partial charge is 0.329 e. The quantitative estimate of drug-likeness (QED) is 0.0318. The summed E-state index contributed by atoms with van der Waals surface area (Å²) in [5.41, 5.74) is 1.28. The average Bonchev–Trinajstić information content (AvgIpc) is 3.33. The minimum atomic E-state index is -2.43. The van der Waals surface area contributed by atoms with Crippen LogP contribution in [0.15, 0.2) is 48.1 Å². The van der Waals surface area contributed by atoms with Gasteiger partial charge in [-0.05, 0) is 114 Å². The molecule has 2 saturated heterocycles. The van der Waals surface area contributed by atoms with Gasteiger partial charge in [-0.1, -0.05) is 71.6 Å². The monoisotopic (exact) mass is 974 g/mol. The van der Waals surface area contributed by atoms with E-state index in [0.29, 0.717) is 63.4 Å². The van der Waals surface area contributed by atoms with E-state index in [9.17, 15) is 39.3 Å². The third-order valence-corrected chi connectivity index (χ3v) is 14.8. The van der Waals surface area contributed by atoms with Crippen LogP contribution in [0.2, 0.25) is 0 Å². The average molecular weight is 974 g/mol. The van der Waals surface area contributed by atoms with Crippen LogP contribution in [-0.4, -0.2) is 145 Å². The summed E-state index contributed by atoms with van der Waals surface area (Å²) in [6, 6.07) is -1.15. The van der Waals surface area contributed by atoms with Gasteiger partial charge in [-0.25, -0.2) is 4.79 Å². The number of aliphatic hydroxyl groups excluding tert-OH is 2. The first-order valence-electron chi connectivity index (χ1n) is 25.3. The number of allylic oxidation sites excluding steroid dienone is 5. The summed E-state index contributed by atoms with van der Waals surface area (Å²) in [4.78, 5) is 71.8. The molecule has 69 heavy (non-hydrogen) atoms. The fourth-order valence-corrected chi connectivity index (χ4v) is 10.5. The molecule has 1 amide bonds. The number of hydrogen-bond donors (Lipinski definition) is 3. The number of amides is 1. The van der Waals surface area contributed by atoms with E-state index in [-0.39, 0.29) is 86.2 Å². The van der Waals surface area contributed by atoms with E-state index in [1.54, 1.807) is 47.1 Å². The van der Waals surface area contributed by atoms with Crippen molar-refractivity contribution >= 4 is 29.2 Å². The van der Waals surface area contributed by atoms with Crippen LogP contribution in [0.4, 0.5) is 0 Å². The molecule has 2 aliphatic heterocycles. The second kappa shape index (κ2) is 29.2. The molecule has 3 aliphatic rings. The van der Waals surface area contributed by atoms with Gasteiger partial charge in [0, 0.05) is 58.5 Å². The van der Waals surface area contributed by atoms with Gasteiger partial charge in [0.25, 0.3) is 11.7 Å². The number of esters is 1. The van der Waals surface area contributed by atoms with E-state index >= 15 is 0 Å². The molecule has 0 bridgehead atoms. The lowest BCUT2D eigenvalue weighted by molar-refractivity contribution is -0.265. The third-order valence-electron chi connectivity index (χ3n) is 14.8. The summed E-state index contributed by atoms with van der Waals surface area (Å²) >= 11 is 0. The van der Waals surface area contributed by atoms with Crippen molar-refractivity contribution in [2.24, 2.45) is 35.5 Å². The number of nitrogens with zero attached hydrogens (tertiary/aromatic N) is 1. The van der Waals surface area contributed by atoms with E-state index in [4.69, 9.17) is 28.4 Å². The van der Waals surface area contributed by atoms with Crippen LogP contribution in [-0.2, 0) is 52.4 Å². The van der Waals surface area contributed by atoms with Crippen LogP contribution in [0.5, 0.6) is 0 Å². The number of carbonyl (C=O) groups is 5. The zero-order valence-electron chi connectivity index (χ0n) is 43.6. The number of likely N-dealkylation sites (tertiary alicyclic amines) is 1. The molecule has 0 aromatic carbocycles. The van der Waals surface area contributed by atoms with Crippen molar-refractivity contribution in [3.63, 3.8) is 0 Å². The molecule has 0 aromatic heterocycles. The molecule has 15 nitrogen and oxygen atoms in total. The number of methoxy groups -OCH3 is 3. The molecule has 392 valence electrons. The number of carbonyl (C=O) groups excluding carboxylic acids is 5. The van der Waals surface area contributed by atoms with Crippen LogP contribution >= 0.6 is 0 Å². The molecule has 0 spiro atoms. The molecule has 0 aromatic rings. The van der Waals surface area contributed by atoms with E-state index in [0.717, 1.165) is 12.0 Å². The van der Waals surface area contributed by atoms with Gasteiger partial charge in [-0.2, -0.15) is 0 Å². The summed E-state index contributed by atoms with van der Waals surface area (Å²) in [5, 5.41) is 32.6. The number of piperidine rings is 1. The normalized spacial score (nSPS) is 28.5. The van der Waals surface area contributed by atoms with Gasteiger partial charge >= 0.3 is 5.97 Å². The van der Waals surface area contributed by atoms with E-state index in [2.05, 4.69) is 6.58 Å². The molecule has 15 atom stereocenters. The molecule has 3 rings (SSSR count). The van der Waals surface area contributed by atoms with Crippen LogP contribution in [0.3, 0.4) is 0 Å². The van der Waals surface area contributed by atoms with Crippen molar-refractivity contribution in [2.75, 3.05) is 41.1 Å². The molecule has 0 radical (unpaired) electrons. The topological polar surface area (TPSA) is 205 Å². The highest BCUT2D eigenvalue weighted by Crippen LogP contribution is 2.38. The number of Topliss-reactive ketones (excluding diaryl/α,β-unsaturated/α-hetero) is 3. The summed E-state index contributed by atoms with van der Waals surface area (Å²) in [7, 11) is 4.57. The van der Waals surface area contributed by atoms with Gasteiger partial charge in [0.2, 0.25) is 5.79 Å². The largest absolute Gasteiger partial charge is 0.460 e. The SMILES string of the molecule is C=C/C=C(\C)[C@H](C[C@@H]1CC[C@@H](C)[C@](O)(C(=O)C(=O)N2CCCC[C@H]2C(=O)O[C@@H](CC(=O)[C@H](C)/C=C(\C)[C@@H](O)[C@@H](OC)C(=O)[C@H](C)C[C@H](C)/C=C/C)[C@H](C)C[C@@H]2CC[C@@H](OCCO)[C@H](OC)C2)O1)OC. The van der Waals surface area contributed by atoms with Crippen LogP contribution in [0.25, 0.3) is 0 Å². The maximum atomic E-state index is 14.5. The molecule has 3 N–H and O–H groups in total. The summed E-state index contributed by atoms with van der Waals surface area (Å²) < 4.78 is 35.3. The Balaban J connectivity index is 1.88. The minimum absolute atomic E-state index is 0.0800. The molecule has 15 heteroatoms. The van der Waals surface area contributed by atoms with Gasteiger partial charge in [0.15, 0.2) is 5.78 Å². The van der Waals surface area contributed by atoms with Gasteiger partial charge in [-0.3, -0.25) is 19.2 Å². The number of ketones is 3. The first-order chi connectivity index (χ1) is 32.7. The molecule has 3 fully saturated rings. The molecule has 1 saturated carbocycles. The Morgan fingerprint density at radius 2 is 1.64 bits per heavy atom. The van der Waals surface area contributed by atoms with E-state index < -0.39 is 65.7 Å². The number of ether oxygens (including phenoxy) is 6. The minimum Gasteiger partial charge on any atom is -0.460 e. The second-order valence-electron chi connectivity index (χ2n) is 20.1. The Morgan fingerprint density at radius 1 is 0.928 bits per heavy atom. The molecular formula is C54H87NO14. The third kappa shape index (κ3) is 16.8. The van der Waals surface area contributed by atoms with Crippen molar-refractivity contribution in [1.82, 2.24) is 4.90 Å². The predicted molar refractivity (Wildman–Crippen MR) is 263 cm³/mol. The van der Waals surface area contributed by atoms with Crippen LogP contribution in [0.1, 0.15) is 132 Å². The van der Waals surface area contributed by atoms with Crippen LogP contribution < -0.4 is 0 Å². The maximum absolute atomic E-state index is 14.5. The number of hydrogen-bond acceptors (Lipinski definition) is 14. The lowest BCUT2D eigenvalue weighted by Crippen LogP contribution is -2.61. The van der Waals surface area contributed by atoms with E-state index in [1.807, 2.05) is 52.8 Å². The molecule has 0 unspecified atom stereocenters. The molecular weight excluding hydrogens is 887 g/mol. The maximum Gasteiger partial charge on any atom is 0.329 e. The highest BCUT2D eigenvalue weighted by molar-refractivity contribution is 6.39. The van der Waals surface area contributed by atoms with Crippen molar-refractivity contribution in [2.45, 2.75) is 187 Å². The Morgan fingerprint density at radius 3 is 2.26 bits per heavy atom. The molecule has 2 heterocycles. The Bertz CT molecular complexity index is 1780. The van der Waals surface area contributed by atoms with Gasteiger partial charge in [-0.15, -0.1) is 0 Å². The lowest BCUT2D eigenvalue weighted by Gasteiger charge is -2.42. The van der Waals surface area contributed by atoms with E-state index in [1.165, 1.54) is 12.0 Å². The summed E-state index contributed by atoms with van der Waals surface area (Å²) in [6.45, 7) is 18.5. The molecule has 1 aliphatic carbocycles. The Hall–Kier alpha value is -3.41. The standard InChI is InChI=1S/C54H87NO14/c1-13-17-33(3)27-37(7)48(58)50(66-12)49(59)38(8)28-35(5)43(57)32-46(36(6)29-40-21-23-44(67-26-25-56)47(30-40)65-11)68-53(62)42-19-15-16-24-55(42)52(61)51(60)54(63)39(9)20-22-41(69-54)31-45(64-10)34(4)18-14-2/h13-14,17-18,28,33,35-37,39-42,44-47,49-50,56,59,63H,2,15-16,19-27,29-32H2,1,3-12H3/b17-13+,34-18+,38-28+/t33-,35-,36-,37-,39-,40+,41+,42+,44-,45+,46+,47-,49-,50+,54-/m1/s1. The second-order valence-corrected chi connectivity index (χ2v) is 20.1. The zero-order valence-corrected chi connectivity index (χ0v) is 43.6. The van der Waals surface area contributed by atoms with Gasteiger partial charge in [0.1, 0.15) is 30.1 Å². The van der Waals surface area contributed by atoms with Crippen molar-refractivity contribution in [3.05, 3.63) is 48.1 Å². The first kappa shape index (κ1) is 59.9. The Kier molecular flexibility index (Phi) is 25.3. The van der Waals surface area contributed by atoms with Crippen molar-refractivity contribution in [1.29, 1.82) is 0 Å². The summed E-state index contributed by atoms with van der Waals surface area (Å²) in [5.74, 6) is -7.77. The zero-order chi connectivity index (χ0) is 51.6. The fraction of sp³-hybridized carbons (Fsp3) is 0.759. The fourth-order valence-electron chi connectivity index (χ4n) is 10.5. The predicted octanol–water partition coefficient (Wildman–Crippen LogP) is 6.83. The first-order valence-corrected chi connectivity index (χ1v) is 25.3.